The van der Waals surface area contributed by atoms with Gasteiger partial charge in [-0.15, -0.1) is 13.2 Å². The topological polar surface area (TPSA) is 80.6 Å². The van der Waals surface area contributed by atoms with Crippen molar-refractivity contribution in [2.75, 3.05) is 0 Å². The fraction of sp³-hybridized carbons (Fsp3) is 0.120. The number of hydrogen-bond acceptors (Lipinski definition) is 3. The van der Waals surface area contributed by atoms with Gasteiger partial charge in [0.2, 0.25) is 0 Å². The van der Waals surface area contributed by atoms with E-state index in [2.05, 4.69) is 10.1 Å². The SMILES string of the molecule is O=C(NCc1ccccc1)c1ccc2c(c1)cc(C(=O)O)n2Cc1ccc(OC(F)(F)F)cc1. The van der Waals surface area contributed by atoms with E-state index in [4.69, 9.17) is 0 Å². The first kappa shape index (κ1) is 22.9. The third-order valence-electron chi connectivity index (χ3n) is 5.18. The molecule has 0 spiro atoms. The van der Waals surface area contributed by atoms with Crippen molar-refractivity contribution in [3.8, 4) is 5.75 Å². The van der Waals surface area contributed by atoms with Gasteiger partial charge in [0.05, 0.1) is 0 Å². The highest BCUT2D eigenvalue weighted by Gasteiger charge is 2.31. The van der Waals surface area contributed by atoms with Crippen LogP contribution in [-0.2, 0) is 13.1 Å². The summed E-state index contributed by atoms with van der Waals surface area (Å²) >= 11 is 0. The van der Waals surface area contributed by atoms with Crippen molar-refractivity contribution in [2.24, 2.45) is 0 Å². The number of carbonyl (C=O) groups excluding carboxylic acids is 1. The first-order valence-corrected chi connectivity index (χ1v) is 10.2. The summed E-state index contributed by atoms with van der Waals surface area (Å²) in [6.45, 7) is 0.462. The second kappa shape index (κ2) is 9.30. The molecule has 4 aromatic rings. The minimum Gasteiger partial charge on any atom is -0.477 e. The number of carboxylic acid groups (broad SMARTS) is 1. The lowest BCUT2D eigenvalue weighted by atomic mass is 10.1. The average Bonchev–Trinajstić information content (AvgIpc) is 3.16. The van der Waals surface area contributed by atoms with E-state index in [1.54, 1.807) is 18.2 Å². The number of nitrogens with zero attached hydrogens (tertiary/aromatic N) is 1. The molecule has 0 saturated carbocycles. The summed E-state index contributed by atoms with van der Waals surface area (Å²) < 4.78 is 42.5. The van der Waals surface area contributed by atoms with Crippen LogP contribution in [0.15, 0.2) is 78.9 Å². The lowest BCUT2D eigenvalue weighted by Crippen LogP contribution is -2.22. The van der Waals surface area contributed by atoms with Crippen LogP contribution in [0.3, 0.4) is 0 Å². The second-order valence-electron chi connectivity index (χ2n) is 7.55. The van der Waals surface area contributed by atoms with E-state index < -0.39 is 12.3 Å². The minimum atomic E-state index is -4.79. The molecule has 9 heteroatoms. The van der Waals surface area contributed by atoms with Crippen LogP contribution >= 0.6 is 0 Å². The molecule has 1 aromatic heterocycles. The van der Waals surface area contributed by atoms with Crippen molar-refractivity contribution in [2.45, 2.75) is 19.5 Å². The van der Waals surface area contributed by atoms with Crippen LogP contribution in [0.4, 0.5) is 13.2 Å². The Hall–Kier alpha value is -4.27. The highest BCUT2D eigenvalue weighted by molar-refractivity contribution is 6.00. The number of halogens is 3. The summed E-state index contributed by atoms with van der Waals surface area (Å²) in [6, 6.07) is 21.0. The quantitative estimate of drug-likeness (QED) is 0.390. The van der Waals surface area contributed by atoms with Crippen LogP contribution in [0.25, 0.3) is 10.9 Å². The number of rotatable bonds is 7. The molecule has 6 nitrogen and oxygen atoms in total. The van der Waals surface area contributed by atoms with Gasteiger partial charge in [-0.1, -0.05) is 42.5 Å². The van der Waals surface area contributed by atoms with Crippen molar-refractivity contribution in [3.63, 3.8) is 0 Å². The lowest BCUT2D eigenvalue weighted by Gasteiger charge is -2.11. The molecule has 1 heterocycles. The Morgan fingerprint density at radius 3 is 2.26 bits per heavy atom. The number of aromatic carboxylic acids is 1. The molecule has 0 bridgehead atoms. The third-order valence-corrected chi connectivity index (χ3v) is 5.18. The number of alkyl halides is 3. The van der Waals surface area contributed by atoms with Gasteiger partial charge in [0.25, 0.3) is 5.91 Å². The zero-order valence-electron chi connectivity index (χ0n) is 17.7. The molecule has 34 heavy (non-hydrogen) atoms. The Morgan fingerprint density at radius 2 is 1.62 bits per heavy atom. The molecule has 1 amide bonds. The maximum atomic E-state index is 12.6. The summed E-state index contributed by atoms with van der Waals surface area (Å²) in [6.07, 6.45) is -4.79. The van der Waals surface area contributed by atoms with Crippen LogP contribution in [0, 0.1) is 0 Å². The van der Waals surface area contributed by atoms with Crippen LogP contribution < -0.4 is 10.1 Å². The number of aromatic nitrogens is 1. The van der Waals surface area contributed by atoms with E-state index in [1.807, 2.05) is 30.3 Å². The molecule has 2 N–H and O–H groups in total. The molecule has 174 valence electrons. The molecule has 0 aliphatic rings. The fourth-order valence-corrected chi connectivity index (χ4v) is 3.62. The number of hydrogen-bond donors (Lipinski definition) is 2. The van der Waals surface area contributed by atoms with Gasteiger partial charge < -0.3 is 19.7 Å². The summed E-state index contributed by atoms with van der Waals surface area (Å²) in [4.78, 5) is 24.4. The fourth-order valence-electron chi connectivity index (χ4n) is 3.62. The molecule has 0 fully saturated rings. The average molecular weight is 468 g/mol. The summed E-state index contributed by atoms with van der Waals surface area (Å²) in [7, 11) is 0. The predicted octanol–water partition coefficient (Wildman–Crippen LogP) is 5.22. The van der Waals surface area contributed by atoms with Gasteiger partial charge in [-0.05, 0) is 47.5 Å². The minimum absolute atomic E-state index is 0.00698. The van der Waals surface area contributed by atoms with Gasteiger partial charge in [-0.25, -0.2) is 4.79 Å². The van der Waals surface area contributed by atoms with E-state index >= 15 is 0 Å². The second-order valence-corrected chi connectivity index (χ2v) is 7.55. The molecule has 0 atom stereocenters. The normalized spacial score (nSPS) is 11.4. The van der Waals surface area contributed by atoms with Crippen molar-refractivity contribution < 1.29 is 32.6 Å². The first-order valence-electron chi connectivity index (χ1n) is 10.2. The van der Waals surface area contributed by atoms with Gasteiger partial charge in [0.15, 0.2) is 0 Å². The highest BCUT2D eigenvalue weighted by Crippen LogP contribution is 2.26. The summed E-state index contributed by atoms with van der Waals surface area (Å²) in [5, 5.41) is 13.0. The Balaban J connectivity index is 1.57. The van der Waals surface area contributed by atoms with Gasteiger partial charge in [0.1, 0.15) is 11.4 Å². The zero-order valence-corrected chi connectivity index (χ0v) is 17.7. The largest absolute Gasteiger partial charge is 0.573 e. The highest BCUT2D eigenvalue weighted by atomic mass is 19.4. The van der Waals surface area contributed by atoms with Gasteiger partial charge in [-0.2, -0.15) is 0 Å². The number of ether oxygens (including phenoxy) is 1. The Bertz CT molecular complexity index is 1330. The zero-order chi connectivity index (χ0) is 24.3. The van der Waals surface area contributed by atoms with E-state index in [1.165, 1.54) is 34.9 Å². The smallest absolute Gasteiger partial charge is 0.477 e. The van der Waals surface area contributed by atoms with Crippen molar-refractivity contribution in [3.05, 3.63) is 101 Å². The first-order chi connectivity index (χ1) is 16.2. The van der Waals surface area contributed by atoms with Crippen molar-refractivity contribution in [1.82, 2.24) is 9.88 Å². The monoisotopic (exact) mass is 468 g/mol. The molecule has 0 aliphatic heterocycles. The maximum absolute atomic E-state index is 12.6. The summed E-state index contributed by atoms with van der Waals surface area (Å²) in [5.41, 5.74) is 2.48. The number of benzene rings is 3. The van der Waals surface area contributed by atoms with E-state index in [0.717, 1.165) is 5.56 Å². The van der Waals surface area contributed by atoms with Crippen LogP contribution in [0.2, 0.25) is 0 Å². The predicted molar refractivity (Wildman–Crippen MR) is 119 cm³/mol. The Labute approximate surface area is 192 Å². The van der Waals surface area contributed by atoms with E-state index in [9.17, 15) is 27.9 Å². The molecule has 0 aliphatic carbocycles. The number of carboxylic acids is 1. The molecule has 3 aromatic carbocycles. The molecule has 0 radical (unpaired) electrons. The van der Waals surface area contributed by atoms with Crippen molar-refractivity contribution in [1.29, 1.82) is 0 Å². The molecule has 0 unspecified atom stereocenters. The van der Waals surface area contributed by atoms with E-state index in [-0.39, 0.29) is 23.9 Å². The summed E-state index contributed by atoms with van der Waals surface area (Å²) in [5.74, 6) is -1.82. The number of carbonyl (C=O) groups is 2. The number of nitrogens with one attached hydrogen (secondary N) is 1. The molecule has 0 saturated heterocycles. The van der Waals surface area contributed by atoms with Gasteiger partial charge >= 0.3 is 12.3 Å². The standard InChI is InChI=1S/C25H19F3N2O4/c26-25(27,28)34-20-9-6-17(7-10-20)15-30-21-11-8-18(12-19(21)13-22(30)24(32)33)23(31)29-14-16-4-2-1-3-5-16/h1-13H,14-15H2,(H,29,31)(H,32,33). The Morgan fingerprint density at radius 1 is 0.912 bits per heavy atom. The van der Waals surface area contributed by atoms with Crippen LogP contribution in [-0.4, -0.2) is 27.9 Å². The molecular formula is C25H19F3N2O4. The third kappa shape index (κ3) is 5.37. The van der Waals surface area contributed by atoms with Gasteiger partial charge in [0, 0.05) is 29.6 Å². The van der Waals surface area contributed by atoms with Crippen molar-refractivity contribution >= 4 is 22.8 Å². The lowest BCUT2D eigenvalue weighted by molar-refractivity contribution is -0.274. The number of amides is 1. The number of fused-ring (bicyclic) bond motifs is 1. The van der Waals surface area contributed by atoms with Crippen LogP contribution in [0.5, 0.6) is 5.75 Å². The maximum Gasteiger partial charge on any atom is 0.573 e. The van der Waals surface area contributed by atoms with Gasteiger partial charge in [-0.3, -0.25) is 4.79 Å². The Kier molecular flexibility index (Phi) is 6.27. The van der Waals surface area contributed by atoms with E-state index in [0.29, 0.717) is 28.6 Å². The molecule has 4 rings (SSSR count). The van der Waals surface area contributed by atoms with Crippen LogP contribution in [0.1, 0.15) is 32.0 Å². The molecular weight excluding hydrogens is 449 g/mol.